The first-order valence-electron chi connectivity index (χ1n) is 11.7. The lowest BCUT2D eigenvalue weighted by Crippen LogP contribution is -2.40. The number of nitrogens with zero attached hydrogens (tertiary/aromatic N) is 3. The number of aromatic nitrogens is 4. The Balaban J connectivity index is 1.10. The molecule has 2 aromatic carbocycles. The monoisotopic (exact) mass is 481 g/mol. The molecule has 9 heteroatoms. The fourth-order valence-corrected chi connectivity index (χ4v) is 4.43. The van der Waals surface area contributed by atoms with E-state index in [-0.39, 0.29) is 17.7 Å². The smallest absolute Gasteiger partial charge is 0.361 e. The van der Waals surface area contributed by atoms with Crippen molar-refractivity contribution in [1.82, 2.24) is 20.5 Å². The van der Waals surface area contributed by atoms with E-state index in [1.54, 1.807) is 12.3 Å². The average Bonchev–Trinajstić information content (AvgIpc) is 3.68. The van der Waals surface area contributed by atoms with Crippen molar-refractivity contribution in [1.29, 1.82) is 0 Å². The third kappa shape index (κ3) is 4.50. The summed E-state index contributed by atoms with van der Waals surface area (Å²) in [6.45, 7) is 0. The van der Waals surface area contributed by atoms with E-state index in [0.29, 0.717) is 23.0 Å². The molecule has 9 nitrogen and oxygen atoms in total. The van der Waals surface area contributed by atoms with Gasteiger partial charge in [-0.15, -0.1) is 0 Å². The number of H-pyrrole nitrogens is 1. The van der Waals surface area contributed by atoms with E-state index in [0.717, 1.165) is 24.0 Å². The quantitative estimate of drug-likeness (QED) is 0.279. The van der Waals surface area contributed by atoms with Crippen molar-refractivity contribution < 1.29 is 18.6 Å². The molecule has 0 saturated heterocycles. The van der Waals surface area contributed by atoms with Gasteiger partial charge in [0.1, 0.15) is 11.8 Å². The van der Waals surface area contributed by atoms with Gasteiger partial charge in [0.25, 0.3) is 0 Å². The van der Waals surface area contributed by atoms with Crippen LogP contribution in [0, 0.1) is 5.92 Å². The zero-order valence-electron chi connectivity index (χ0n) is 19.2. The molecule has 0 aliphatic heterocycles. The Labute approximate surface area is 206 Å². The Morgan fingerprint density at radius 3 is 2.25 bits per heavy atom. The molecule has 180 valence electrons. The van der Waals surface area contributed by atoms with Crippen LogP contribution >= 0.6 is 0 Å². The van der Waals surface area contributed by atoms with Crippen molar-refractivity contribution >= 4 is 11.8 Å². The largest absolute Gasteiger partial charge is 0.451 e. The molecule has 1 unspecified atom stereocenters. The topological polar surface area (TPSA) is 119 Å². The minimum Gasteiger partial charge on any atom is -0.451 e. The number of hydrogen-bond donors (Lipinski definition) is 2. The first-order valence-corrected chi connectivity index (χ1v) is 11.7. The van der Waals surface area contributed by atoms with Gasteiger partial charge in [0.05, 0.1) is 0 Å². The number of benzene rings is 2. The molecule has 2 N–H and O–H groups in total. The Morgan fingerprint density at radius 2 is 1.58 bits per heavy atom. The highest BCUT2D eigenvalue weighted by Gasteiger charge is 2.40. The molecule has 6 rings (SSSR count). The van der Waals surface area contributed by atoms with Gasteiger partial charge < -0.3 is 19.1 Å². The number of nitrogens with one attached hydrogen (secondary N) is 2. The number of ether oxygens (including phenoxy) is 1. The van der Waals surface area contributed by atoms with Gasteiger partial charge in [0.2, 0.25) is 0 Å². The van der Waals surface area contributed by atoms with E-state index in [9.17, 15) is 4.79 Å². The van der Waals surface area contributed by atoms with Crippen LogP contribution in [0.4, 0.5) is 5.82 Å². The molecule has 0 amide bonds. The van der Waals surface area contributed by atoms with Gasteiger partial charge in [-0.25, -0.2) is 4.79 Å². The normalized spacial score (nSPS) is 17.8. The number of anilines is 1. The number of carbonyl (C=O) groups excluding carboxylic acids is 1. The molecule has 1 fully saturated rings. The van der Waals surface area contributed by atoms with Crippen LogP contribution in [0.1, 0.15) is 35.1 Å². The molecule has 5 aromatic rings. The van der Waals surface area contributed by atoms with Gasteiger partial charge in [-0.1, -0.05) is 71.0 Å². The second-order valence-corrected chi connectivity index (χ2v) is 8.78. The van der Waals surface area contributed by atoms with Crippen LogP contribution in [-0.2, 0) is 4.74 Å². The van der Waals surface area contributed by atoms with Crippen LogP contribution in [0.5, 0.6) is 0 Å². The van der Waals surface area contributed by atoms with Gasteiger partial charge in [0.15, 0.2) is 23.0 Å². The first kappa shape index (κ1) is 21.8. The van der Waals surface area contributed by atoms with Crippen molar-refractivity contribution in [3.05, 3.63) is 96.4 Å². The minimum absolute atomic E-state index is 0.0933. The second kappa shape index (κ2) is 9.53. The SMILES string of the molecule is O=C(OC(c1cc[nH]n1)[C@H]1C[C@@H](Nc2cc(-c3ccccc3)on2)C1)c1cc(-c2ccccc2)on1. The maximum absolute atomic E-state index is 12.9. The van der Waals surface area contributed by atoms with E-state index in [2.05, 4.69) is 25.8 Å². The number of esters is 1. The highest BCUT2D eigenvalue weighted by molar-refractivity contribution is 5.88. The molecule has 0 spiro atoms. The minimum atomic E-state index is -0.547. The van der Waals surface area contributed by atoms with Crippen molar-refractivity contribution in [2.45, 2.75) is 25.0 Å². The van der Waals surface area contributed by atoms with E-state index in [1.807, 2.05) is 72.8 Å². The van der Waals surface area contributed by atoms with Gasteiger partial charge in [-0.2, -0.15) is 5.10 Å². The maximum Gasteiger partial charge on any atom is 0.361 e. The summed E-state index contributed by atoms with van der Waals surface area (Å²) in [6.07, 6.45) is 2.78. The number of carbonyl (C=O) groups is 1. The van der Waals surface area contributed by atoms with Crippen LogP contribution in [0.2, 0.25) is 0 Å². The fraction of sp³-hybridized carbons (Fsp3) is 0.185. The Morgan fingerprint density at radius 1 is 0.917 bits per heavy atom. The van der Waals surface area contributed by atoms with Gasteiger partial charge in [0, 0.05) is 41.4 Å². The van der Waals surface area contributed by atoms with E-state index < -0.39 is 12.1 Å². The Bertz CT molecular complexity index is 1420. The number of aromatic amines is 1. The van der Waals surface area contributed by atoms with Gasteiger partial charge in [-0.3, -0.25) is 5.10 Å². The first-order chi connectivity index (χ1) is 17.7. The summed E-state index contributed by atoms with van der Waals surface area (Å²) in [5.41, 5.74) is 2.60. The lowest BCUT2D eigenvalue weighted by Gasteiger charge is -2.39. The zero-order chi connectivity index (χ0) is 24.3. The fourth-order valence-electron chi connectivity index (χ4n) is 4.43. The van der Waals surface area contributed by atoms with E-state index in [4.69, 9.17) is 13.8 Å². The lowest BCUT2D eigenvalue weighted by molar-refractivity contribution is -0.00682. The summed E-state index contributed by atoms with van der Waals surface area (Å²) in [5, 5.41) is 18.5. The summed E-state index contributed by atoms with van der Waals surface area (Å²) in [6, 6.07) is 24.8. The molecule has 36 heavy (non-hydrogen) atoms. The maximum atomic E-state index is 12.9. The summed E-state index contributed by atoms with van der Waals surface area (Å²) >= 11 is 0. The molecule has 0 radical (unpaired) electrons. The van der Waals surface area contributed by atoms with Crippen LogP contribution in [0.15, 0.2) is 94.1 Å². The van der Waals surface area contributed by atoms with Crippen molar-refractivity contribution in [3.8, 4) is 22.6 Å². The molecule has 1 atom stereocenters. The average molecular weight is 482 g/mol. The van der Waals surface area contributed by atoms with Crippen molar-refractivity contribution in [3.63, 3.8) is 0 Å². The van der Waals surface area contributed by atoms with E-state index in [1.165, 1.54) is 0 Å². The molecular formula is C27H23N5O4. The van der Waals surface area contributed by atoms with Crippen molar-refractivity contribution in [2.24, 2.45) is 5.92 Å². The molecule has 3 aromatic heterocycles. The summed E-state index contributed by atoms with van der Waals surface area (Å²) < 4.78 is 16.7. The molecule has 1 aliphatic carbocycles. The van der Waals surface area contributed by atoms with Crippen LogP contribution < -0.4 is 5.32 Å². The number of rotatable bonds is 8. The van der Waals surface area contributed by atoms with Gasteiger partial charge in [-0.05, 0) is 18.9 Å². The summed E-state index contributed by atoms with van der Waals surface area (Å²) in [5.74, 6) is 1.45. The zero-order valence-corrected chi connectivity index (χ0v) is 19.2. The third-order valence-electron chi connectivity index (χ3n) is 6.35. The molecule has 3 heterocycles. The second-order valence-electron chi connectivity index (χ2n) is 8.78. The lowest BCUT2D eigenvalue weighted by atomic mass is 9.75. The predicted octanol–water partition coefficient (Wildman–Crippen LogP) is 5.51. The highest BCUT2D eigenvalue weighted by Crippen LogP contribution is 2.41. The van der Waals surface area contributed by atoms with Gasteiger partial charge >= 0.3 is 5.97 Å². The molecule has 1 aliphatic rings. The predicted molar refractivity (Wildman–Crippen MR) is 131 cm³/mol. The Kier molecular flexibility index (Phi) is 5.79. The van der Waals surface area contributed by atoms with Crippen LogP contribution in [0.25, 0.3) is 22.6 Å². The molecular weight excluding hydrogens is 458 g/mol. The number of hydrogen-bond acceptors (Lipinski definition) is 8. The standard InChI is InChI=1S/C27H23N5O4/c33-27(22-15-23(35-31-22)17-7-3-1-4-8-17)34-26(21-11-12-28-30-21)19-13-20(14-19)29-25-16-24(36-32-25)18-9-5-2-6-10-18/h1-12,15-16,19-20,26H,13-14H2,(H,28,30)(H,29,32)/t19-,20+,26?. The third-order valence-corrected chi connectivity index (χ3v) is 6.35. The van der Waals surface area contributed by atoms with Crippen LogP contribution in [-0.4, -0.2) is 32.5 Å². The molecule has 1 saturated carbocycles. The summed E-state index contributed by atoms with van der Waals surface area (Å²) in [7, 11) is 0. The van der Waals surface area contributed by atoms with Crippen LogP contribution in [0.3, 0.4) is 0 Å². The molecule has 0 bridgehead atoms. The highest BCUT2D eigenvalue weighted by atomic mass is 16.5. The van der Waals surface area contributed by atoms with Crippen molar-refractivity contribution in [2.75, 3.05) is 5.32 Å². The summed E-state index contributed by atoms with van der Waals surface area (Å²) in [4.78, 5) is 12.9. The Hall–Kier alpha value is -4.66. The van der Waals surface area contributed by atoms with E-state index >= 15 is 0 Å².